The van der Waals surface area contributed by atoms with Gasteiger partial charge in [0.25, 0.3) is 0 Å². The van der Waals surface area contributed by atoms with E-state index in [1.165, 1.54) is 25.0 Å². The minimum atomic E-state index is -3.64. The molecule has 0 saturated carbocycles. The van der Waals surface area contributed by atoms with Gasteiger partial charge in [-0.2, -0.15) is 0 Å². The first-order chi connectivity index (χ1) is 9.38. The maximum absolute atomic E-state index is 12.3. The lowest BCUT2D eigenvalue weighted by Crippen LogP contribution is -2.41. The van der Waals surface area contributed by atoms with Crippen LogP contribution in [0.3, 0.4) is 0 Å². The van der Waals surface area contributed by atoms with Crippen molar-refractivity contribution in [3.05, 3.63) is 23.2 Å². The fraction of sp³-hybridized carbons (Fsp3) is 0.538. The average molecular weight is 318 g/mol. The number of nitrogens with one attached hydrogen (secondary N) is 1. The second-order valence-corrected chi connectivity index (χ2v) is 7.31. The molecule has 5 nitrogen and oxygen atoms in total. The quantitative estimate of drug-likeness (QED) is 0.810. The van der Waals surface area contributed by atoms with E-state index < -0.39 is 10.0 Å². The van der Waals surface area contributed by atoms with Crippen LogP contribution in [0.5, 0.6) is 0 Å². The Kier molecular flexibility index (Phi) is 4.90. The summed E-state index contributed by atoms with van der Waals surface area (Å²) in [5.41, 5.74) is 6.00. The van der Waals surface area contributed by atoms with Crippen molar-refractivity contribution in [2.75, 3.05) is 25.4 Å². The summed E-state index contributed by atoms with van der Waals surface area (Å²) in [5.74, 6) is 0. The minimum absolute atomic E-state index is 0.0347. The SMILES string of the molecule is CC(CN1CCCC1)NS(=O)(=O)c1cc(N)ccc1Cl. The first-order valence-electron chi connectivity index (χ1n) is 6.68. The Morgan fingerprint density at radius 2 is 2.05 bits per heavy atom. The molecule has 0 aromatic heterocycles. The fourth-order valence-corrected chi connectivity index (χ4v) is 4.21. The third-order valence-corrected chi connectivity index (χ3v) is 5.40. The predicted octanol–water partition coefficient (Wildman–Crippen LogP) is 1.68. The van der Waals surface area contributed by atoms with Crippen molar-refractivity contribution in [2.24, 2.45) is 0 Å². The molecule has 0 radical (unpaired) electrons. The lowest BCUT2D eigenvalue weighted by molar-refractivity contribution is 0.313. The summed E-state index contributed by atoms with van der Waals surface area (Å²) in [4.78, 5) is 2.29. The number of nitrogens with two attached hydrogens (primary N) is 1. The van der Waals surface area contributed by atoms with Crippen molar-refractivity contribution in [2.45, 2.75) is 30.7 Å². The number of hydrogen-bond donors (Lipinski definition) is 2. The van der Waals surface area contributed by atoms with E-state index in [-0.39, 0.29) is 16.0 Å². The van der Waals surface area contributed by atoms with Crippen molar-refractivity contribution in [3.63, 3.8) is 0 Å². The third-order valence-electron chi connectivity index (χ3n) is 3.33. The van der Waals surface area contributed by atoms with Crippen LogP contribution in [0.4, 0.5) is 5.69 Å². The number of benzene rings is 1. The molecule has 0 bridgehead atoms. The van der Waals surface area contributed by atoms with Gasteiger partial charge in [-0.05, 0) is 51.1 Å². The number of anilines is 1. The van der Waals surface area contributed by atoms with Gasteiger partial charge in [0.2, 0.25) is 10.0 Å². The standard InChI is InChI=1S/C13H20ClN3O2S/c1-10(9-17-6-2-3-7-17)16-20(18,19)13-8-11(15)4-5-12(13)14/h4-5,8,10,16H,2-3,6-7,9,15H2,1H3. The molecular formula is C13H20ClN3O2S. The summed E-state index contributed by atoms with van der Waals surface area (Å²) in [7, 11) is -3.64. The first-order valence-corrected chi connectivity index (χ1v) is 8.54. The third kappa shape index (κ3) is 3.85. The molecule has 7 heteroatoms. The molecule has 1 aliphatic rings. The smallest absolute Gasteiger partial charge is 0.242 e. The zero-order valence-corrected chi connectivity index (χ0v) is 13.0. The average Bonchev–Trinajstić information content (AvgIpc) is 2.84. The van der Waals surface area contributed by atoms with Gasteiger partial charge in [0, 0.05) is 18.3 Å². The van der Waals surface area contributed by atoms with Crippen LogP contribution < -0.4 is 10.5 Å². The van der Waals surface area contributed by atoms with Crippen molar-refractivity contribution >= 4 is 27.3 Å². The van der Waals surface area contributed by atoms with E-state index >= 15 is 0 Å². The summed E-state index contributed by atoms with van der Waals surface area (Å²) in [6.07, 6.45) is 2.36. The summed E-state index contributed by atoms with van der Waals surface area (Å²) < 4.78 is 27.3. The van der Waals surface area contributed by atoms with Gasteiger partial charge in [0.05, 0.1) is 5.02 Å². The van der Waals surface area contributed by atoms with Crippen molar-refractivity contribution < 1.29 is 8.42 Å². The highest BCUT2D eigenvalue weighted by molar-refractivity contribution is 7.89. The molecule has 2 rings (SSSR count). The predicted molar refractivity (Wildman–Crippen MR) is 81.3 cm³/mol. The maximum Gasteiger partial charge on any atom is 0.242 e. The van der Waals surface area contributed by atoms with Gasteiger partial charge in [-0.25, -0.2) is 13.1 Å². The highest BCUT2D eigenvalue weighted by Crippen LogP contribution is 2.23. The van der Waals surface area contributed by atoms with Crippen LogP contribution in [-0.2, 0) is 10.0 Å². The molecule has 1 unspecified atom stereocenters. The highest BCUT2D eigenvalue weighted by atomic mass is 35.5. The molecule has 1 heterocycles. The van der Waals surface area contributed by atoms with Crippen LogP contribution >= 0.6 is 11.6 Å². The highest BCUT2D eigenvalue weighted by Gasteiger charge is 2.22. The van der Waals surface area contributed by atoms with E-state index in [0.717, 1.165) is 13.1 Å². The van der Waals surface area contributed by atoms with Crippen LogP contribution in [0.2, 0.25) is 5.02 Å². The molecular weight excluding hydrogens is 298 g/mol. The van der Waals surface area contributed by atoms with Crippen LogP contribution in [0, 0.1) is 0 Å². The molecule has 0 aliphatic carbocycles. The molecule has 20 heavy (non-hydrogen) atoms. The topological polar surface area (TPSA) is 75.4 Å². The van der Waals surface area contributed by atoms with Crippen LogP contribution in [0.15, 0.2) is 23.1 Å². The number of sulfonamides is 1. The Morgan fingerprint density at radius 1 is 1.40 bits per heavy atom. The van der Waals surface area contributed by atoms with Crippen molar-refractivity contribution in [1.82, 2.24) is 9.62 Å². The van der Waals surface area contributed by atoms with Gasteiger partial charge in [0.15, 0.2) is 0 Å². The Bertz CT molecular complexity index is 571. The minimum Gasteiger partial charge on any atom is -0.399 e. The monoisotopic (exact) mass is 317 g/mol. The molecule has 1 atom stereocenters. The second-order valence-electron chi connectivity index (χ2n) is 5.22. The van der Waals surface area contributed by atoms with Crippen molar-refractivity contribution in [3.8, 4) is 0 Å². The largest absolute Gasteiger partial charge is 0.399 e. The van der Waals surface area contributed by atoms with E-state index in [9.17, 15) is 8.42 Å². The molecule has 1 saturated heterocycles. The van der Waals surface area contributed by atoms with Crippen molar-refractivity contribution in [1.29, 1.82) is 0 Å². The lowest BCUT2D eigenvalue weighted by atomic mass is 10.3. The first kappa shape index (κ1) is 15.6. The van der Waals surface area contributed by atoms with Gasteiger partial charge in [0.1, 0.15) is 4.90 Å². The van der Waals surface area contributed by atoms with E-state index in [1.54, 1.807) is 6.07 Å². The Morgan fingerprint density at radius 3 is 2.70 bits per heavy atom. The molecule has 1 fully saturated rings. The van der Waals surface area contributed by atoms with Crippen LogP contribution in [-0.4, -0.2) is 39.0 Å². The molecule has 1 aromatic carbocycles. The lowest BCUT2D eigenvalue weighted by Gasteiger charge is -2.21. The van der Waals surface area contributed by atoms with E-state index in [1.807, 2.05) is 6.92 Å². The number of halogens is 1. The van der Waals surface area contributed by atoms with Gasteiger partial charge < -0.3 is 10.6 Å². The zero-order valence-electron chi connectivity index (χ0n) is 11.5. The molecule has 112 valence electrons. The number of hydrogen-bond acceptors (Lipinski definition) is 4. The molecule has 1 aromatic rings. The zero-order chi connectivity index (χ0) is 14.8. The molecule has 1 aliphatic heterocycles. The van der Waals surface area contributed by atoms with Gasteiger partial charge in [-0.3, -0.25) is 0 Å². The van der Waals surface area contributed by atoms with Gasteiger partial charge >= 0.3 is 0 Å². The van der Waals surface area contributed by atoms with E-state index in [4.69, 9.17) is 17.3 Å². The summed E-state index contributed by atoms with van der Waals surface area (Å²) in [6.45, 7) is 4.63. The Hall–Kier alpha value is -0.820. The molecule has 3 N–H and O–H groups in total. The summed E-state index contributed by atoms with van der Waals surface area (Å²) in [5, 5.41) is 0.181. The van der Waals surface area contributed by atoms with E-state index in [0.29, 0.717) is 12.2 Å². The normalized spacial score (nSPS) is 18.3. The fourth-order valence-electron chi connectivity index (χ4n) is 2.44. The second kappa shape index (κ2) is 6.30. The number of rotatable bonds is 5. The Labute approximate surface area is 125 Å². The number of nitrogens with zero attached hydrogens (tertiary/aromatic N) is 1. The van der Waals surface area contributed by atoms with Gasteiger partial charge in [-0.1, -0.05) is 11.6 Å². The number of likely N-dealkylation sites (tertiary alicyclic amines) is 1. The maximum atomic E-state index is 12.3. The summed E-state index contributed by atoms with van der Waals surface area (Å²) >= 11 is 5.95. The van der Waals surface area contributed by atoms with Gasteiger partial charge in [-0.15, -0.1) is 0 Å². The molecule has 0 spiro atoms. The van der Waals surface area contributed by atoms with Crippen LogP contribution in [0.25, 0.3) is 0 Å². The molecule has 0 amide bonds. The Balaban J connectivity index is 2.08. The van der Waals surface area contributed by atoms with Crippen LogP contribution in [0.1, 0.15) is 19.8 Å². The number of nitrogen functional groups attached to an aromatic ring is 1. The summed E-state index contributed by atoms with van der Waals surface area (Å²) in [6, 6.07) is 4.29. The van der Waals surface area contributed by atoms with E-state index in [2.05, 4.69) is 9.62 Å².